The first-order valence-corrected chi connectivity index (χ1v) is 4.60. The van der Waals surface area contributed by atoms with Crippen molar-refractivity contribution in [1.82, 2.24) is 0 Å². The molecule has 0 fully saturated rings. The molecule has 0 bridgehead atoms. The number of rotatable bonds is 3. The molecular formula is C12H10O3. The molecule has 3 heteroatoms. The van der Waals surface area contributed by atoms with Crippen LogP contribution in [0.15, 0.2) is 47.1 Å². The first-order valence-electron chi connectivity index (χ1n) is 4.60. The van der Waals surface area contributed by atoms with Gasteiger partial charge >= 0.3 is 5.97 Å². The highest BCUT2D eigenvalue weighted by Gasteiger charge is 2.04. The Morgan fingerprint density at radius 2 is 2.13 bits per heavy atom. The molecule has 76 valence electrons. The Morgan fingerprint density at radius 1 is 1.27 bits per heavy atom. The minimum absolute atomic E-state index is 0.0363. The van der Waals surface area contributed by atoms with Crippen molar-refractivity contribution in [2.75, 3.05) is 0 Å². The first kappa shape index (κ1) is 9.52. The van der Waals surface area contributed by atoms with E-state index in [0.717, 1.165) is 16.9 Å². The van der Waals surface area contributed by atoms with E-state index in [2.05, 4.69) is 0 Å². The molecule has 15 heavy (non-hydrogen) atoms. The summed E-state index contributed by atoms with van der Waals surface area (Å²) in [5, 5.41) is 8.66. The van der Waals surface area contributed by atoms with Crippen molar-refractivity contribution < 1.29 is 14.3 Å². The molecular weight excluding hydrogens is 192 g/mol. The number of carbonyl (C=O) groups is 1. The van der Waals surface area contributed by atoms with Gasteiger partial charge in [-0.1, -0.05) is 18.2 Å². The van der Waals surface area contributed by atoms with Crippen molar-refractivity contribution in [2.45, 2.75) is 6.42 Å². The average Bonchev–Trinajstić information content (AvgIpc) is 2.69. The van der Waals surface area contributed by atoms with Crippen LogP contribution in [0.5, 0.6) is 0 Å². The van der Waals surface area contributed by atoms with Crippen LogP contribution in [-0.4, -0.2) is 11.1 Å². The second-order valence-corrected chi connectivity index (χ2v) is 3.25. The van der Waals surface area contributed by atoms with Gasteiger partial charge in [-0.2, -0.15) is 0 Å². The molecule has 1 aromatic carbocycles. The van der Waals surface area contributed by atoms with Crippen molar-refractivity contribution in [2.24, 2.45) is 0 Å². The molecule has 0 spiro atoms. The highest BCUT2D eigenvalue weighted by Crippen LogP contribution is 2.20. The van der Waals surface area contributed by atoms with Crippen LogP contribution < -0.4 is 0 Å². The number of carboxylic acids is 1. The van der Waals surface area contributed by atoms with Crippen molar-refractivity contribution in [1.29, 1.82) is 0 Å². The Labute approximate surface area is 87.0 Å². The number of carboxylic acid groups (broad SMARTS) is 1. The van der Waals surface area contributed by atoms with Crippen molar-refractivity contribution in [3.63, 3.8) is 0 Å². The van der Waals surface area contributed by atoms with Gasteiger partial charge in [0.25, 0.3) is 0 Å². The molecule has 0 radical (unpaired) electrons. The summed E-state index contributed by atoms with van der Waals surface area (Å²) >= 11 is 0. The van der Waals surface area contributed by atoms with Gasteiger partial charge in [0.1, 0.15) is 5.76 Å². The van der Waals surface area contributed by atoms with Crippen LogP contribution in [0.2, 0.25) is 0 Å². The van der Waals surface area contributed by atoms with Gasteiger partial charge in [0, 0.05) is 5.56 Å². The van der Waals surface area contributed by atoms with Crippen LogP contribution in [-0.2, 0) is 11.2 Å². The highest BCUT2D eigenvalue weighted by atomic mass is 16.4. The topological polar surface area (TPSA) is 50.4 Å². The maximum Gasteiger partial charge on any atom is 0.307 e. The van der Waals surface area contributed by atoms with Gasteiger partial charge in [-0.25, -0.2) is 0 Å². The molecule has 0 aliphatic carbocycles. The molecule has 0 saturated carbocycles. The van der Waals surface area contributed by atoms with E-state index in [0.29, 0.717) is 0 Å². The van der Waals surface area contributed by atoms with Gasteiger partial charge in [0.2, 0.25) is 0 Å². The van der Waals surface area contributed by atoms with E-state index >= 15 is 0 Å². The van der Waals surface area contributed by atoms with E-state index in [4.69, 9.17) is 9.52 Å². The molecule has 0 atom stereocenters. The highest BCUT2D eigenvalue weighted by molar-refractivity contribution is 5.71. The molecule has 0 amide bonds. The van der Waals surface area contributed by atoms with Crippen LogP contribution in [0.3, 0.4) is 0 Å². The summed E-state index contributed by atoms with van der Waals surface area (Å²) in [6, 6.07) is 11.0. The van der Waals surface area contributed by atoms with Gasteiger partial charge in [0.15, 0.2) is 0 Å². The molecule has 3 nitrogen and oxygen atoms in total. The second kappa shape index (κ2) is 4.00. The Kier molecular flexibility index (Phi) is 2.54. The third-order valence-corrected chi connectivity index (χ3v) is 2.09. The van der Waals surface area contributed by atoms with E-state index in [1.54, 1.807) is 18.4 Å². The number of hydrogen-bond donors (Lipinski definition) is 1. The zero-order valence-electron chi connectivity index (χ0n) is 8.01. The number of aliphatic carboxylic acids is 1. The fraction of sp³-hybridized carbons (Fsp3) is 0.0833. The Morgan fingerprint density at radius 3 is 2.80 bits per heavy atom. The van der Waals surface area contributed by atoms with E-state index in [1.807, 2.05) is 24.3 Å². The maximum absolute atomic E-state index is 10.5. The summed E-state index contributed by atoms with van der Waals surface area (Å²) < 4.78 is 5.23. The molecule has 0 aliphatic rings. The lowest BCUT2D eigenvalue weighted by molar-refractivity contribution is -0.136. The summed E-state index contributed by atoms with van der Waals surface area (Å²) in [7, 11) is 0. The number of furan rings is 1. The third-order valence-electron chi connectivity index (χ3n) is 2.09. The minimum atomic E-state index is -0.827. The lowest BCUT2D eigenvalue weighted by Gasteiger charge is -2.00. The summed E-state index contributed by atoms with van der Waals surface area (Å²) in [4.78, 5) is 10.5. The van der Waals surface area contributed by atoms with Crippen LogP contribution in [0.1, 0.15) is 5.56 Å². The van der Waals surface area contributed by atoms with Crippen LogP contribution >= 0.6 is 0 Å². The standard InChI is InChI=1S/C12H10O3/c13-12(14)8-9-3-1-4-10(7-9)11-5-2-6-15-11/h1-7H,8H2,(H,13,14). The predicted octanol–water partition coefficient (Wildman–Crippen LogP) is 2.57. The quantitative estimate of drug-likeness (QED) is 0.832. The normalized spacial score (nSPS) is 10.1. The van der Waals surface area contributed by atoms with Gasteiger partial charge in [-0.15, -0.1) is 0 Å². The fourth-order valence-corrected chi connectivity index (χ4v) is 1.45. The van der Waals surface area contributed by atoms with E-state index in [1.165, 1.54) is 0 Å². The monoisotopic (exact) mass is 202 g/mol. The Bertz CT molecular complexity index is 457. The summed E-state index contributed by atoms with van der Waals surface area (Å²) in [5.74, 6) is -0.0752. The average molecular weight is 202 g/mol. The SMILES string of the molecule is O=C(O)Cc1cccc(-c2ccco2)c1. The van der Waals surface area contributed by atoms with Gasteiger partial charge < -0.3 is 9.52 Å². The molecule has 0 unspecified atom stereocenters. The largest absolute Gasteiger partial charge is 0.481 e. The predicted molar refractivity (Wildman–Crippen MR) is 55.5 cm³/mol. The van der Waals surface area contributed by atoms with Crippen LogP contribution in [0.4, 0.5) is 0 Å². The van der Waals surface area contributed by atoms with E-state index in [-0.39, 0.29) is 6.42 Å². The molecule has 1 heterocycles. The van der Waals surface area contributed by atoms with Crippen LogP contribution in [0, 0.1) is 0 Å². The number of benzene rings is 1. The molecule has 2 aromatic rings. The van der Waals surface area contributed by atoms with Gasteiger partial charge in [-0.05, 0) is 23.8 Å². The molecule has 2 rings (SSSR count). The Hall–Kier alpha value is -2.03. The van der Waals surface area contributed by atoms with Gasteiger partial charge in [0.05, 0.1) is 12.7 Å². The second-order valence-electron chi connectivity index (χ2n) is 3.25. The summed E-state index contributed by atoms with van der Waals surface area (Å²) in [6.45, 7) is 0. The van der Waals surface area contributed by atoms with E-state index < -0.39 is 5.97 Å². The first-order chi connectivity index (χ1) is 7.25. The fourth-order valence-electron chi connectivity index (χ4n) is 1.45. The van der Waals surface area contributed by atoms with Crippen molar-refractivity contribution in [3.05, 3.63) is 48.2 Å². The van der Waals surface area contributed by atoms with E-state index in [9.17, 15) is 4.79 Å². The molecule has 0 saturated heterocycles. The summed E-state index contributed by atoms with van der Waals surface area (Å²) in [5.41, 5.74) is 1.68. The van der Waals surface area contributed by atoms with Crippen molar-refractivity contribution in [3.8, 4) is 11.3 Å². The summed E-state index contributed by atoms with van der Waals surface area (Å²) in [6.07, 6.45) is 1.63. The third kappa shape index (κ3) is 2.26. The van der Waals surface area contributed by atoms with Gasteiger partial charge in [-0.3, -0.25) is 4.79 Å². The van der Waals surface area contributed by atoms with Crippen molar-refractivity contribution >= 4 is 5.97 Å². The zero-order valence-corrected chi connectivity index (χ0v) is 8.01. The lowest BCUT2D eigenvalue weighted by atomic mass is 10.1. The molecule has 0 aliphatic heterocycles. The zero-order chi connectivity index (χ0) is 10.7. The smallest absolute Gasteiger partial charge is 0.307 e. The Balaban J connectivity index is 2.31. The number of hydrogen-bond acceptors (Lipinski definition) is 2. The minimum Gasteiger partial charge on any atom is -0.481 e. The molecule has 1 aromatic heterocycles. The lowest BCUT2D eigenvalue weighted by Crippen LogP contribution is -1.99. The van der Waals surface area contributed by atoms with Crippen LogP contribution in [0.25, 0.3) is 11.3 Å². The maximum atomic E-state index is 10.5. The molecule has 1 N–H and O–H groups in total.